The summed E-state index contributed by atoms with van der Waals surface area (Å²) >= 11 is 0. The number of hydrogen-bond acceptors (Lipinski definition) is 2. The van der Waals surface area contributed by atoms with Gasteiger partial charge in [0.05, 0.1) is 0 Å². The molecule has 2 rings (SSSR count). The van der Waals surface area contributed by atoms with E-state index in [1.165, 1.54) is 17.5 Å². The van der Waals surface area contributed by atoms with Gasteiger partial charge in [-0.1, -0.05) is 6.07 Å². The second-order valence-electron chi connectivity index (χ2n) is 3.90. The van der Waals surface area contributed by atoms with Crippen molar-refractivity contribution in [1.82, 2.24) is 4.90 Å². The lowest BCUT2D eigenvalue weighted by Crippen LogP contribution is -2.17. The van der Waals surface area contributed by atoms with E-state index >= 15 is 0 Å². The maximum absolute atomic E-state index is 9.31. The molecular weight excluding hydrogens is 162 g/mol. The Bertz CT molecular complexity index is 320. The minimum atomic E-state index is 0.387. The first-order chi connectivity index (χ1) is 6.18. The number of benzene rings is 1. The molecule has 0 amide bonds. The highest BCUT2D eigenvalue weighted by Crippen LogP contribution is 2.35. The third kappa shape index (κ3) is 1.42. The van der Waals surface area contributed by atoms with Gasteiger partial charge in [-0.05, 0) is 50.2 Å². The number of fused-ring (bicyclic) bond motifs is 1. The van der Waals surface area contributed by atoms with Crippen LogP contribution in [0.5, 0.6) is 5.75 Å². The van der Waals surface area contributed by atoms with Gasteiger partial charge in [-0.3, -0.25) is 0 Å². The van der Waals surface area contributed by atoms with Crippen LogP contribution in [0.3, 0.4) is 0 Å². The van der Waals surface area contributed by atoms with Crippen molar-refractivity contribution in [3.63, 3.8) is 0 Å². The summed E-state index contributed by atoms with van der Waals surface area (Å²) in [5, 5.41) is 9.31. The molecule has 2 heteroatoms. The molecule has 13 heavy (non-hydrogen) atoms. The van der Waals surface area contributed by atoms with E-state index in [4.69, 9.17) is 0 Å². The van der Waals surface area contributed by atoms with Crippen LogP contribution in [0.4, 0.5) is 0 Å². The number of aromatic hydroxyl groups is 1. The summed E-state index contributed by atoms with van der Waals surface area (Å²) in [6.07, 6.45) is 2.26. The molecule has 1 aromatic carbocycles. The fraction of sp³-hybridized carbons (Fsp3) is 0.455. The van der Waals surface area contributed by atoms with Crippen LogP contribution in [0.15, 0.2) is 18.2 Å². The van der Waals surface area contributed by atoms with Crippen LogP contribution >= 0.6 is 0 Å². The summed E-state index contributed by atoms with van der Waals surface area (Å²) in [4.78, 5) is 2.24. The molecular formula is C11H15NO. The standard InChI is InChI=1S/C11H15NO/c1-12(2)11-6-3-8-7-9(13)4-5-10(8)11/h4-5,7,11,13H,3,6H2,1-2H3. The zero-order chi connectivity index (χ0) is 9.42. The van der Waals surface area contributed by atoms with Gasteiger partial charge in [0, 0.05) is 6.04 Å². The second-order valence-corrected chi connectivity index (χ2v) is 3.90. The van der Waals surface area contributed by atoms with Gasteiger partial charge in [0.15, 0.2) is 0 Å². The van der Waals surface area contributed by atoms with Crippen molar-refractivity contribution in [2.45, 2.75) is 18.9 Å². The lowest BCUT2D eigenvalue weighted by molar-refractivity contribution is 0.299. The Kier molecular flexibility index (Phi) is 2.00. The molecule has 2 nitrogen and oxygen atoms in total. The predicted molar refractivity (Wildman–Crippen MR) is 52.9 cm³/mol. The number of aryl methyl sites for hydroxylation is 1. The molecule has 0 heterocycles. The molecule has 0 bridgehead atoms. The third-order valence-electron chi connectivity index (χ3n) is 2.80. The number of phenolic OH excluding ortho intramolecular Hbond substituents is 1. The van der Waals surface area contributed by atoms with E-state index in [0.717, 1.165) is 6.42 Å². The normalized spacial score (nSPS) is 20.7. The van der Waals surface area contributed by atoms with E-state index in [0.29, 0.717) is 11.8 Å². The van der Waals surface area contributed by atoms with Gasteiger partial charge >= 0.3 is 0 Å². The van der Waals surface area contributed by atoms with Crippen molar-refractivity contribution in [3.05, 3.63) is 29.3 Å². The van der Waals surface area contributed by atoms with Gasteiger partial charge < -0.3 is 10.0 Å². The first-order valence-corrected chi connectivity index (χ1v) is 4.66. The summed E-state index contributed by atoms with van der Waals surface area (Å²) in [6.45, 7) is 0. The average molecular weight is 177 g/mol. The number of hydrogen-bond donors (Lipinski definition) is 1. The average Bonchev–Trinajstić information content (AvgIpc) is 2.46. The van der Waals surface area contributed by atoms with Crippen molar-refractivity contribution in [2.75, 3.05) is 14.1 Å². The highest BCUT2D eigenvalue weighted by atomic mass is 16.3. The summed E-state index contributed by atoms with van der Waals surface area (Å²) in [7, 11) is 4.21. The molecule has 70 valence electrons. The van der Waals surface area contributed by atoms with E-state index in [2.05, 4.69) is 19.0 Å². The summed E-state index contributed by atoms with van der Waals surface area (Å²) < 4.78 is 0. The highest BCUT2D eigenvalue weighted by molar-refractivity contribution is 5.39. The number of nitrogens with zero attached hydrogens (tertiary/aromatic N) is 1. The van der Waals surface area contributed by atoms with Crippen molar-refractivity contribution < 1.29 is 5.11 Å². The third-order valence-corrected chi connectivity index (χ3v) is 2.80. The maximum atomic E-state index is 9.31. The van der Waals surface area contributed by atoms with Crippen molar-refractivity contribution in [3.8, 4) is 5.75 Å². The SMILES string of the molecule is CN(C)C1CCc2cc(O)ccc21. The minimum absolute atomic E-state index is 0.387. The topological polar surface area (TPSA) is 23.5 Å². The Labute approximate surface area is 78.8 Å². The Morgan fingerprint density at radius 1 is 1.38 bits per heavy atom. The van der Waals surface area contributed by atoms with Crippen LogP contribution in [-0.2, 0) is 6.42 Å². The van der Waals surface area contributed by atoms with E-state index in [9.17, 15) is 5.11 Å². The first-order valence-electron chi connectivity index (χ1n) is 4.66. The van der Waals surface area contributed by atoms with Crippen LogP contribution in [0.1, 0.15) is 23.6 Å². The van der Waals surface area contributed by atoms with Crippen LogP contribution in [0.25, 0.3) is 0 Å². The molecule has 1 aromatic rings. The molecule has 1 N–H and O–H groups in total. The van der Waals surface area contributed by atoms with E-state index in [1.54, 1.807) is 6.07 Å². The molecule has 1 aliphatic carbocycles. The molecule has 0 aromatic heterocycles. The summed E-state index contributed by atoms with van der Waals surface area (Å²) in [5.41, 5.74) is 2.68. The molecule has 1 aliphatic rings. The van der Waals surface area contributed by atoms with Gasteiger partial charge in [-0.2, -0.15) is 0 Å². The van der Waals surface area contributed by atoms with Gasteiger partial charge in [0.1, 0.15) is 5.75 Å². The molecule has 0 spiro atoms. The van der Waals surface area contributed by atoms with Crippen molar-refractivity contribution in [1.29, 1.82) is 0 Å². The van der Waals surface area contributed by atoms with Gasteiger partial charge in [-0.15, -0.1) is 0 Å². The van der Waals surface area contributed by atoms with Crippen molar-refractivity contribution >= 4 is 0 Å². The van der Waals surface area contributed by atoms with Crippen molar-refractivity contribution in [2.24, 2.45) is 0 Å². The maximum Gasteiger partial charge on any atom is 0.115 e. The smallest absolute Gasteiger partial charge is 0.115 e. The van der Waals surface area contributed by atoms with Crippen LogP contribution in [-0.4, -0.2) is 24.1 Å². The fourth-order valence-corrected chi connectivity index (χ4v) is 2.12. The molecule has 0 aliphatic heterocycles. The lowest BCUT2D eigenvalue weighted by atomic mass is 10.1. The quantitative estimate of drug-likeness (QED) is 0.708. The molecule has 0 radical (unpaired) electrons. The Hall–Kier alpha value is -1.02. The molecule has 0 fully saturated rings. The highest BCUT2D eigenvalue weighted by Gasteiger charge is 2.23. The number of phenols is 1. The fourth-order valence-electron chi connectivity index (χ4n) is 2.12. The van der Waals surface area contributed by atoms with Crippen LogP contribution in [0.2, 0.25) is 0 Å². The van der Waals surface area contributed by atoms with Crippen LogP contribution < -0.4 is 0 Å². The van der Waals surface area contributed by atoms with Gasteiger partial charge in [0.25, 0.3) is 0 Å². The van der Waals surface area contributed by atoms with E-state index in [1.807, 2.05) is 12.1 Å². The largest absolute Gasteiger partial charge is 0.508 e. The Morgan fingerprint density at radius 2 is 2.15 bits per heavy atom. The van der Waals surface area contributed by atoms with Gasteiger partial charge in [0.2, 0.25) is 0 Å². The molecule has 1 atom stereocenters. The monoisotopic (exact) mass is 177 g/mol. The van der Waals surface area contributed by atoms with E-state index in [-0.39, 0.29) is 0 Å². The Balaban J connectivity index is 2.38. The minimum Gasteiger partial charge on any atom is -0.508 e. The zero-order valence-electron chi connectivity index (χ0n) is 8.12. The zero-order valence-corrected chi connectivity index (χ0v) is 8.12. The lowest BCUT2D eigenvalue weighted by Gasteiger charge is -2.19. The van der Waals surface area contributed by atoms with Crippen LogP contribution in [0, 0.1) is 0 Å². The predicted octanol–water partition coefficient (Wildman–Crippen LogP) is 1.94. The first kappa shape index (κ1) is 8.57. The number of rotatable bonds is 1. The molecule has 0 saturated heterocycles. The summed E-state index contributed by atoms with van der Waals surface area (Å²) in [5.74, 6) is 0.387. The van der Waals surface area contributed by atoms with E-state index < -0.39 is 0 Å². The Morgan fingerprint density at radius 3 is 2.85 bits per heavy atom. The second kappa shape index (κ2) is 3.04. The molecule has 0 saturated carbocycles. The molecule has 1 unspecified atom stereocenters. The van der Waals surface area contributed by atoms with Gasteiger partial charge in [-0.25, -0.2) is 0 Å². The summed E-state index contributed by atoms with van der Waals surface area (Å²) in [6, 6.07) is 6.25.